The Morgan fingerprint density at radius 3 is 2.33 bits per heavy atom. The van der Waals surface area contributed by atoms with Crippen molar-refractivity contribution < 1.29 is 9.53 Å². The molecule has 43 heavy (non-hydrogen) atoms. The van der Waals surface area contributed by atoms with Gasteiger partial charge in [0.15, 0.2) is 0 Å². The van der Waals surface area contributed by atoms with E-state index in [1.807, 2.05) is 32.7 Å². The van der Waals surface area contributed by atoms with Crippen LogP contribution in [0.3, 0.4) is 0 Å². The van der Waals surface area contributed by atoms with Crippen molar-refractivity contribution in [1.82, 2.24) is 4.90 Å². The smallest absolute Gasteiger partial charge is 0.410 e. The third kappa shape index (κ3) is 10.1. The van der Waals surface area contributed by atoms with E-state index in [0.717, 1.165) is 52.8 Å². The number of carbonyl (C=O) groups excluding carboxylic acids is 1. The van der Waals surface area contributed by atoms with Gasteiger partial charge in [-0.1, -0.05) is 70.0 Å². The van der Waals surface area contributed by atoms with Crippen LogP contribution in [0.1, 0.15) is 67.7 Å². The van der Waals surface area contributed by atoms with Crippen molar-refractivity contribution in [2.45, 2.75) is 73.3 Å². The molecular weight excluding hydrogens is 530 g/mol. The third-order valence-electron chi connectivity index (χ3n) is 7.67. The highest BCUT2D eigenvalue weighted by molar-refractivity contribution is 6.04. The lowest BCUT2D eigenvalue weighted by Crippen LogP contribution is -2.40. The summed E-state index contributed by atoms with van der Waals surface area (Å²) in [5.41, 5.74) is 8.06. The Hall–Kier alpha value is -3.91. The molecule has 0 saturated heterocycles. The second-order valence-electron chi connectivity index (χ2n) is 12.8. The third-order valence-corrected chi connectivity index (χ3v) is 7.67. The second kappa shape index (κ2) is 15.5. The van der Waals surface area contributed by atoms with Crippen LogP contribution in [0.15, 0.2) is 112 Å². The molecule has 0 N–H and O–H groups in total. The maximum Gasteiger partial charge on any atom is 0.410 e. The first-order valence-electron chi connectivity index (χ1n) is 15.2. The van der Waals surface area contributed by atoms with Crippen molar-refractivity contribution in [2.75, 3.05) is 20.1 Å². The number of amides is 1. The summed E-state index contributed by atoms with van der Waals surface area (Å²) in [5, 5.41) is 9.57. The zero-order valence-corrected chi connectivity index (χ0v) is 27.7. The van der Waals surface area contributed by atoms with Crippen LogP contribution in [0.2, 0.25) is 0 Å². The van der Waals surface area contributed by atoms with Crippen LogP contribution < -0.4 is 0 Å². The van der Waals surface area contributed by atoms with Gasteiger partial charge in [0.05, 0.1) is 11.6 Å². The molecule has 5 heteroatoms. The van der Waals surface area contributed by atoms with Gasteiger partial charge >= 0.3 is 6.09 Å². The Bertz CT molecular complexity index is 1360. The topological polar surface area (TPSA) is 65.7 Å². The molecule has 0 aromatic carbocycles. The molecule has 1 aliphatic heterocycles. The van der Waals surface area contributed by atoms with Gasteiger partial charge in [0, 0.05) is 31.4 Å². The van der Waals surface area contributed by atoms with E-state index >= 15 is 0 Å². The first-order valence-corrected chi connectivity index (χ1v) is 15.2. The van der Waals surface area contributed by atoms with Crippen molar-refractivity contribution in [3.05, 3.63) is 107 Å². The molecule has 0 radical (unpaired) electrons. The molecule has 0 spiro atoms. The van der Waals surface area contributed by atoms with Crippen LogP contribution in [-0.2, 0) is 4.74 Å². The molecule has 5 nitrogen and oxygen atoms in total. The zero-order chi connectivity index (χ0) is 32.5. The van der Waals surface area contributed by atoms with Gasteiger partial charge in [-0.25, -0.2) is 4.79 Å². The number of hydrogen-bond donors (Lipinski definition) is 0. The fourth-order valence-electron chi connectivity index (χ4n) is 5.46. The molecule has 2 rings (SSSR count). The SMILES string of the molecule is C=C/C=C(C#N)\C=C(/C=C)C(=C)\C=C(/C(C(C)=NC)=C(C(=C)C)\C1=C/[C@@H](C)CN(C(=O)OC(C)(C)C)CCC1)C1CC1C. The highest BCUT2D eigenvalue weighted by Crippen LogP contribution is 2.49. The highest BCUT2D eigenvalue weighted by atomic mass is 16.6. The van der Waals surface area contributed by atoms with Gasteiger partial charge in [-0.15, -0.1) is 0 Å². The Kier molecular flexibility index (Phi) is 12.7. The minimum absolute atomic E-state index is 0.121. The number of aliphatic imine (C=N–C) groups is 1. The number of carbonyl (C=O) groups is 1. The largest absolute Gasteiger partial charge is 0.444 e. The summed E-state index contributed by atoms with van der Waals surface area (Å²) in [6.07, 6.45) is 13.7. The fourth-order valence-corrected chi connectivity index (χ4v) is 5.46. The molecule has 2 aliphatic rings. The van der Waals surface area contributed by atoms with E-state index in [2.05, 4.69) is 77.2 Å². The molecule has 2 unspecified atom stereocenters. The molecule has 230 valence electrons. The number of rotatable bonds is 10. The summed E-state index contributed by atoms with van der Waals surface area (Å²) in [7, 11) is 1.83. The normalized spacial score (nSPS) is 23.9. The molecular formula is C38H51N3O2. The van der Waals surface area contributed by atoms with Crippen LogP contribution in [0.25, 0.3) is 0 Å². The van der Waals surface area contributed by atoms with Gasteiger partial charge in [0.1, 0.15) is 5.60 Å². The fraction of sp³-hybridized carbons (Fsp3) is 0.447. The standard InChI is InChI=1S/C38H51N3O2/c1-13-16-30(23-39)22-31(14-2)27(6)20-34(33-21-28(33)7)36(29(8)40-12)35(25(3)4)32-17-15-18-41(24-26(5)19-32)37(42)43-38(9,10)11/h13-14,16,19-20,22,26,28,33H,1-3,6,15,17-18,21,24H2,4-5,7-12H3/b30-16+,31-22+,32-19-,34-20-,36-35-,40-29?/t26-,28?,33?/m1/s1. The summed E-state index contributed by atoms with van der Waals surface area (Å²) in [4.78, 5) is 19.4. The summed E-state index contributed by atoms with van der Waals surface area (Å²) in [6, 6.07) is 2.20. The molecule has 1 aliphatic carbocycles. The molecule has 3 atom stereocenters. The van der Waals surface area contributed by atoms with Crippen LogP contribution in [0, 0.1) is 29.1 Å². The monoisotopic (exact) mass is 581 g/mol. The van der Waals surface area contributed by atoms with Crippen molar-refractivity contribution in [3.8, 4) is 6.07 Å². The van der Waals surface area contributed by atoms with E-state index in [1.165, 1.54) is 11.1 Å². The Balaban J connectivity index is 2.72. The minimum Gasteiger partial charge on any atom is -0.444 e. The van der Waals surface area contributed by atoms with Crippen molar-refractivity contribution in [1.29, 1.82) is 5.26 Å². The number of nitriles is 1. The van der Waals surface area contributed by atoms with Gasteiger partial charge in [0.25, 0.3) is 0 Å². The lowest BCUT2D eigenvalue weighted by atomic mass is 9.82. The van der Waals surface area contributed by atoms with E-state index in [9.17, 15) is 10.1 Å². The van der Waals surface area contributed by atoms with Gasteiger partial charge in [-0.05, 0) is 112 Å². The van der Waals surface area contributed by atoms with Crippen molar-refractivity contribution in [3.63, 3.8) is 0 Å². The molecule has 1 amide bonds. The summed E-state index contributed by atoms with van der Waals surface area (Å²) < 4.78 is 5.68. The Morgan fingerprint density at radius 1 is 1.19 bits per heavy atom. The average molecular weight is 582 g/mol. The lowest BCUT2D eigenvalue weighted by Gasteiger charge is -2.31. The van der Waals surface area contributed by atoms with Crippen molar-refractivity contribution >= 4 is 11.8 Å². The van der Waals surface area contributed by atoms with E-state index in [4.69, 9.17) is 4.74 Å². The van der Waals surface area contributed by atoms with Crippen LogP contribution in [0.5, 0.6) is 0 Å². The zero-order valence-electron chi connectivity index (χ0n) is 27.7. The lowest BCUT2D eigenvalue weighted by molar-refractivity contribution is 0.0230. The molecule has 1 fully saturated rings. The molecule has 1 heterocycles. The predicted octanol–water partition coefficient (Wildman–Crippen LogP) is 9.43. The van der Waals surface area contributed by atoms with Crippen LogP contribution in [0.4, 0.5) is 4.79 Å². The number of allylic oxidation sites excluding steroid dienone is 13. The van der Waals surface area contributed by atoms with Crippen molar-refractivity contribution in [2.24, 2.45) is 22.7 Å². The maximum atomic E-state index is 12.9. The Labute approximate surface area is 260 Å². The van der Waals surface area contributed by atoms with Gasteiger partial charge in [-0.3, -0.25) is 4.99 Å². The first kappa shape index (κ1) is 35.3. The number of nitrogens with zero attached hydrogens (tertiary/aromatic N) is 3. The van der Waals surface area contributed by atoms with Gasteiger partial charge in [-0.2, -0.15) is 5.26 Å². The van der Waals surface area contributed by atoms with Gasteiger partial charge in [0.2, 0.25) is 0 Å². The number of ether oxygens (including phenoxy) is 1. The highest BCUT2D eigenvalue weighted by Gasteiger charge is 2.39. The van der Waals surface area contributed by atoms with Crippen LogP contribution >= 0.6 is 0 Å². The maximum absolute atomic E-state index is 12.9. The summed E-state index contributed by atoms with van der Waals surface area (Å²) in [6.45, 7) is 32.0. The Morgan fingerprint density at radius 2 is 1.84 bits per heavy atom. The predicted molar refractivity (Wildman–Crippen MR) is 182 cm³/mol. The molecule has 1 saturated carbocycles. The molecule has 0 aromatic rings. The first-order chi connectivity index (χ1) is 20.2. The number of hydrogen-bond acceptors (Lipinski definition) is 4. The van der Waals surface area contributed by atoms with Crippen LogP contribution in [-0.4, -0.2) is 42.4 Å². The quantitative estimate of drug-likeness (QED) is 0.147. The minimum atomic E-state index is -0.531. The van der Waals surface area contributed by atoms with E-state index in [0.29, 0.717) is 30.5 Å². The summed E-state index contributed by atoms with van der Waals surface area (Å²) in [5.74, 6) is 1.01. The average Bonchev–Trinajstić information content (AvgIpc) is 3.64. The van der Waals surface area contributed by atoms with E-state index in [1.54, 1.807) is 24.3 Å². The van der Waals surface area contributed by atoms with Gasteiger partial charge < -0.3 is 9.64 Å². The van der Waals surface area contributed by atoms with E-state index in [-0.39, 0.29) is 12.0 Å². The second-order valence-corrected chi connectivity index (χ2v) is 12.8. The van der Waals surface area contributed by atoms with E-state index < -0.39 is 5.60 Å². The molecule has 0 aromatic heterocycles. The summed E-state index contributed by atoms with van der Waals surface area (Å²) >= 11 is 0. The molecule has 0 bridgehead atoms.